The Morgan fingerprint density at radius 2 is 2.12 bits per heavy atom. The summed E-state index contributed by atoms with van der Waals surface area (Å²) in [5, 5.41) is 14.6. The number of piperazine rings is 1. The number of nitrogens with one attached hydrogen (secondary N) is 1. The van der Waals surface area contributed by atoms with Gasteiger partial charge in [0.1, 0.15) is 0 Å². The number of aromatic nitrogens is 1. The molecule has 0 saturated carbocycles. The Bertz CT molecular complexity index is 677. The van der Waals surface area contributed by atoms with Crippen molar-refractivity contribution in [3.8, 4) is 0 Å². The van der Waals surface area contributed by atoms with Crippen LogP contribution in [0.3, 0.4) is 0 Å². The molecule has 128 valence electrons. The van der Waals surface area contributed by atoms with E-state index in [-0.39, 0.29) is 0 Å². The third-order valence-corrected chi connectivity index (χ3v) is 4.73. The normalized spacial score (nSPS) is 20.3. The second-order valence-corrected chi connectivity index (χ2v) is 6.41. The zero-order valence-corrected chi connectivity index (χ0v) is 14.5. The van der Waals surface area contributed by atoms with E-state index in [9.17, 15) is 5.11 Å². The molecule has 1 unspecified atom stereocenters. The highest BCUT2D eigenvalue weighted by Crippen LogP contribution is 2.23. The molecule has 0 radical (unpaired) electrons. The van der Waals surface area contributed by atoms with Gasteiger partial charge < -0.3 is 10.0 Å². The maximum absolute atomic E-state index is 9.86. The maximum Gasteiger partial charge on any atom is 0.0935 e. The van der Waals surface area contributed by atoms with Crippen LogP contribution in [0, 0.1) is 0 Å². The second kappa shape index (κ2) is 7.34. The average Bonchev–Trinajstić information content (AvgIpc) is 2.58. The average molecular weight is 348 g/mol. The summed E-state index contributed by atoms with van der Waals surface area (Å²) in [5.74, 6) is 0. The van der Waals surface area contributed by atoms with Crippen LogP contribution in [0.2, 0.25) is 0 Å². The fourth-order valence-electron chi connectivity index (χ4n) is 3.00. The van der Waals surface area contributed by atoms with Gasteiger partial charge in [0, 0.05) is 38.9 Å². The number of rotatable bonds is 4. The smallest absolute Gasteiger partial charge is 0.0935 e. The molecule has 2 N–H and O–H groups in total. The first-order chi connectivity index (χ1) is 11.6. The summed E-state index contributed by atoms with van der Waals surface area (Å²) in [6.07, 6.45) is 2.92. The topological polar surface area (TPSA) is 64.0 Å². The molecule has 3 rings (SSSR count). The Labute approximate surface area is 147 Å². The Morgan fingerprint density at radius 1 is 1.38 bits per heavy atom. The molecule has 0 aliphatic carbocycles. The van der Waals surface area contributed by atoms with Gasteiger partial charge in [0.15, 0.2) is 0 Å². The summed E-state index contributed by atoms with van der Waals surface area (Å²) >= 11 is 6.32. The molecule has 0 aromatic carbocycles. The summed E-state index contributed by atoms with van der Waals surface area (Å²) in [5.41, 5.74) is 6.17. The van der Waals surface area contributed by atoms with Gasteiger partial charge >= 0.3 is 0 Å². The number of aliphatic hydroxyl groups excluding tert-OH is 1. The molecule has 0 amide bonds. The highest BCUT2D eigenvalue weighted by atomic mass is 35.5. The number of nitrogens with zero attached hydrogens (tertiary/aromatic N) is 4. The highest BCUT2D eigenvalue weighted by Gasteiger charge is 2.23. The van der Waals surface area contributed by atoms with Gasteiger partial charge in [0.2, 0.25) is 0 Å². The SMILES string of the molecule is C=C1NN=CC(N2CCN(Cc3cccnc3C(C)O)CC2)=C1Cl. The molecule has 0 bridgehead atoms. The Kier molecular flexibility index (Phi) is 5.18. The van der Waals surface area contributed by atoms with Crippen molar-refractivity contribution in [3.63, 3.8) is 0 Å². The summed E-state index contributed by atoms with van der Waals surface area (Å²) in [6, 6.07) is 3.95. The molecule has 3 heterocycles. The first kappa shape index (κ1) is 17.0. The van der Waals surface area contributed by atoms with Crippen LogP contribution >= 0.6 is 11.6 Å². The Morgan fingerprint density at radius 3 is 2.83 bits per heavy atom. The van der Waals surface area contributed by atoms with Crippen molar-refractivity contribution in [2.24, 2.45) is 5.10 Å². The van der Waals surface area contributed by atoms with E-state index in [4.69, 9.17) is 11.6 Å². The lowest BCUT2D eigenvalue weighted by Gasteiger charge is -2.37. The molecule has 7 heteroatoms. The number of allylic oxidation sites excluding steroid dienone is 2. The van der Waals surface area contributed by atoms with E-state index in [2.05, 4.69) is 31.9 Å². The molecule has 1 atom stereocenters. The zero-order valence-electron chi connectivity index (χ0n) is 13.7. The van der Waals surface area contributed by atoms with Crippen LogP contribution in [0.15, 0.2) is 46.4 Å². The van der Waals surface area contributed by atoms with Crippen molar-refractivity contribution in [1.82, 2.24) is 20.2 Å². The van der Waals surface area contributed by atoms with Gasteiger partial charge in [-0.1, -0.05) is 24.2 Å². The standard InChI is InChI=1S/C17H22ClN5O/c1-12-16(18)15(10-20-21-12)23-8-6-22(7-9-23)11-14-4-3-5-19-17(14)13(2)24/h3-5,10,13,21,24H,1,6-9,11H2,2H3. The molecular formula is C17H22ClN5O. The zero-order chi connectivity index (χ0) is 17.1. The number of pyridine rings is 1. The van der Waals surface area contributed by atoms with Crippen molar-refractivity contribution in [2.45, 2.75) is 19.6 Å². The minimum Gasteiger partial charge on any atom is -0.387 e. The molecule has 2 aliphatic heterocycles. The monoisotopic (exact) mass is 347 g/mol. The largest absolute Gasteiger partial charge is 0.387 e. The van der Waals surface area contributed by atoms with Crippen LogP contribution in [0.25, 0.3) is 0 Å². The van der Waals surface area contributed by atoms with Crippen LogP contribution in [0.5, 0.6) is 0 Å². The molecule has 1 aromatic rings. The van der Waals surface area contributed by atoms with Crippen molar-refractivity contribution in [3.05, 3.63) is 52.6 Å². The minimum absolute atomic E-state index is 0.552. The quantitative estimate of drug-likeness (QED) is 0.869. The third kappa shape index (κ3) is 3.61. The highest BCUT2D eigenvalue weighted by molar-refractivity contribution is 6.33. The maximum atomic E-state index is 9.86. The van der Waals surface area contributed by atoms with Crippen LogP contribution in [-0.4, -0.2) is 52.3 Å². The lowest BCUT2D eigenvalue weighted by atomic mass is 10.1. The third-order valence-electron chi connectivity index (χ3n) is 4.30. The Hall–Kier alpha value is -1.89. The Balaban J connectivity index is 1.63. The number of hydrazone groups is 1. The fraction of sp³-hybridized carbons (Fsp3) is 0.412. The molecular weight excluding hydrogens is 326 g/mol. The van der Waals surface area contributed by atoms with Gasteiger partial charge in [0.05, 0.1) is 34.4 Å². The molecule has 1 fully saturated rings. The van der Waals surface area contributed by atoms with Gasteiger partial charge in [0.25, 0.3) is 0 Å². The number of aliphatic hydroxyl groups is 1. The van der Waals surface area contributed by atoms with E-state index in [0.717, 1.165) is 49.7 Å². The van der Waals surface area contributed by atoms with Crippen molar-refractivity contribution >= 4 is 17.8 Å². The summed E-state index contributed by atoms with van der Waals surface area (Å²) in [7, 11) is 0. The van der Waals surface area contributed by atoms with E-state index >= 15 is 0 Å². The van der Waals surface area contributed by atoms with Crippen molar-refractivity contribution in [2.75, 3.05) is 26.2 Å². The van der Waals surface area contributed by atoms with Crippen molar-refractivity contribution < 1.29 is 5.11 Å². The van der Waals surface area contributed by atoms with Crippen LogP contribution in [-0.2, 0) is 6.54 Å². The fourth-order valence-corrected chi connectivity index (χ4v) is 3.21. The van der Waals surface area contributed by atoms with E-state index < -0.39 is 6.10 Å². The van der Waals surface area contributed by atoms with Gasteiger partial charge in [-0.3, -0.25) is 15.3 Å². The molecule has 1 saturated heterocycles. The van der Waals surface area contributed by atoms with E-state index in [1.54, 1.807) is 19.3 Å². The van der Waals surface area contributed by atoms with Gasteiger partial charge in [-0.25, -0.2) is 0 Å². The molecule has 6 nitrogen and oxygen atoms in total. The van der Waals surface area contributed by atoms with Gasteiger partial charge in [-0.05, 0) is 18.6 Å². The van der Waals surface area contributed by atoms with Gasteiger partial charge in [-0.15, -0.1) is 0 Å². The lowest BCUT2D eigenvalue weighted by molar-refractivity contribution is 0.153. The van der Waals surface area contributed by atoms with Crippen molar-refractivity contribution in [1.29, 1.82) is 0 Å². The summed E-state index contributed by atoms with van der Waals surface area (Å²) in [6.45, 7) is 9.96. The number of hydrogen-bond acceptors (Lipinski definition) is 6. The number of hydrogen-bond donors (Lipinski definition) is 2. The summed E-state index contributed by atoms with van der Waals surface area (Å²) < 4.78 is 0. The predicted molar refractivity (Wildman–Crippen MR) is 95.4 cm³/mol. The van der Waals surface area contributed by atoms with Gasteiger partial charge in [-0.2, -0.15) is 5.10 Å². The predicted octanol–water partition coefficient (Wildman–Crippen LogP) is 1.81. The molecule has 1 aromatic heterocycles. The lowest BCUT2D eigenvalue weighted by Crippen LogP contribution is -2.46. The van der Waals surface area contributed by atoms with Crippen LogP contribution < -0.4 is 5.43 Å². The first-order valence-electron chi connectivity index (χ1n) is 8.03. The molecule has 0 spiro atoms. The number of halogens is 1. The second-order valence-electron chi connectivity index (χ2n) is 6.03. The minimum atomic E-state index is -0.552. The molecule has 24 heavy (non-hydrogen) atoms. The summed E-state index contributed by atoms with van der Waals surface area (Å²) in [4.78, 5) is 8.90. The molecule has 2 aliphatic rings. The first-order valence-corrected chi connectivity index (χ1v) is 8.41. The van der Waals surface area contributed by atoms with E-state index in [1.807, 2.05) is 12.1 Å². The van der Waals surface area contributed by atoms with E-state index in [0.29, 0.717) is 10.7 Å². The van der Waals surface area contributed by atoms with Crippen LogP contribution in [0.1, 0.15) is 24.3 Å². The van der Waals surface area contributed by atoms with E-state index in [1.165, 1.54) is 0 Å². The van der Waals surface area contributed by atoms with Crippen LogP contribution in [0.4, 0.5) is 0 Å².